The maximum Gasteiger partial charge on any atom is 0.309 e. The molecule has 1 amide bonds. The minimum absolute atomic E-state index is 0.0769. The van der Waals surface area contributed by atoms with Gasteiger partial charge in [0.1, 0.15) is 0 Å². The number of carbonyl (C=O) groups excluding carboxylic acids is 1. The number of aliphatic hydroxyl groups excluding tert-OH is 1. The SMILES string of the molecule is CCC1CNN(C(C)=O)C1C1CCC(C(=O)O)C1O. The van der Waals surface area contributed by atoms with Gasteiger partial charge in [-0.2, -0.15) is 0 Å². The largest absolute Gasteiger partial charge is 0.481 e. The number of nitrogens with zero attached hydrogens (tertiary/aromatic N) is 1. The second-order valence-electron chi connectivity index (χ2n) is 5.59. The fraction of sp³-hybridized carbons (Fsp3) is 0.846. The third-order valence-electron chi connectivity index (χ3n) is 4.59. The molecule has 0 bridgehead atoms. The summed E-state index contributed by atoms with van der Waals surface area (Å²) in [5.41, 5.74) is 3.07. The first-order valence-electron chi connectivity index (χ1n) is 6.91. The van der Waals surface area contributed by atoms with Crippen molar-refractivity contribution in [3.63, 3.8) is 0 Å². The van der Waals surface area contributed by atoms with E-state index in [-0.39, 0.29) is 23.8 Å². The predicted octanol–water partition coefficient (Wildman–Crippen LogP) is 0.220. The summed E-state index contributed by atoms with van der Waals surface area (Å²) in [5, 5.41) is 20.9. The van der Waals surface area contributed by atoms with Gasteiger partial charge in [-0.25, -0.2) is 5.43 Å². The van der Waals surface area contributed by atoms with Gasteiger partial charge in [0, 0.05) is 19.4 Å². The number of carbonyl (C=O) groups is 2. The van der Waals surface area contributed by atoms with Crippen molar-refractivity contribution in [3.8, 4) is 0 Å². The number of aliphatic hydroxyl groups is 1. The van der Waals surface area contributed by atoms with Crippen LogP contribution in [0, 0.1) is 17.8 Å². The van der Waals surface area contributed by atoms with Gasteiger partial charge in [-0.05, 0) is 25.2 Å². The molecule has 1 heterocycles. The smallest absolute Gasteiger partial charge is 0.309 e. The first-order valence-corrected chi connectivity index (χ1v) is 6.91. The molecule has 0 radical (unpaired) electrons. The molecule has 0 aromatic rings. The zero-order valence-electron chi connectivity index (χ0n) is 11.4. The molecule has 1 saturated carbocycles. The van der Waals surface area contributed by atoms with Crippen LogP contribution in [0.4, 0.5) is 0 Å². The number of carboxylic acid groups (broad SMARTS) is 1. The molecule has 108 valence electrons. The number of amides is 1. The van der Waals surface area contributed by atoms with Gasteiger partial charge in [-0.15, -0.1) is 0 Å². The Hall–Kier alpha value is -1.14. The topological polar surface area (TPSA) is 89.9 Å². The van der Waals surface area contributed by atoms with E-state index >= 15 is 0 Å². The molecule has 2 fully saturated rings. The van der Waals surface area contributed by atoms with Crippen molar-refractivity contribution >= 4 is 11.9 Å². The second-order valence-corrected chi connectivity index (χ2v) is 5.59. The van der Waals surface area contributed by atoms with Gasteiger partial charge < -0.3 is 10.2 Å². The molecule has 0 aromatic carbocycles. The summed E-state index contributed by atoms with van der Waals surface area (Å²) in [6, 6.07) is -0.0955. The predicted molar refractivity (Wildman–Crippen MR) is 67.9 cm³/mol. The molecule has 1 aliphatic carbocycles. The molecule has 5 unspecified atom stereocenters. The van der Waals surface area contributed by atoms with Crippen LogP contribution in [0.5, 0.6) is 0 Å². The lowest BCUT2D eigenvalue weighted by atomic mass is 9.84. The molecule has 2 rings (SSSR count). The maximum absolute atomic E-state index is 11.7. The lowest BCUT2D eigenvalue weighted by Crippen LogP contribution is -2.48. The molecular formula is C13H22N2O4. The normalized spacial score (nSPS) is 38.7. The number of hydrogen-bond acceptors (Lipinski definition) is 4. The number of nitrogens with one attached hydrogen (secondary N) is 1. The average Bonchev–Trinajstić information content (AvgIpc) is 2.91. The molecular weight excluding hydrogens is 248 g/mol. The minimum atomic E-state index is -0.941. The molecule has 5 atom stereocenters. The summed E-state index contributed by atoms with van der Waals surface area (Å²) < 4.78 is 0. The van der Waals surface area contributed by atoms with Gasteiger partial charge in [0.2, 0.25) is 5.91 Å². The van der Waals surface area contributed by atoms with Crippen molar-refractivity contribution in [1.82, 2.24) is 10.4 Å². The Balaban J connectivity index is 2.18. The first kappa shape index (κ1) is 14.3. The average molecular weight is 270 g/mol. The second kappa shape index (κ2) is 5.46. The van der Waals surface area contributed by atoms with Crippen LogP contribution in [0.1, 0.15) is 33.1 Å². The monoisotopic (exact) mass is 270 g/mol. The number of hydrazine groups is 1. The third-order valence-corrected chi connectivity index (χ3v) is 4.59. The zero-order chi connectivity index (χ0) is 14.2. The zero-order valence-corrected chi connectivity index (χ0v) is 11.4. The van der Waals surface area contributed by atoms with E-state index in [1.807, 2.05) is 0 Å². The van der Waals surface area contributed by atoms with Crippen molar-refractivity contribution in [2.75, 3.05) is 6.54 Å². The Morgan fingerprint density at radius 1 is 1.37 bits per heavy atom. The molecule has 1 aliphatic heterocycles. The summed E-state index contributed by atoms with van der Waals surface area (Å²) in [6.07, 6.45) is 1.19. The Kier molecular flexibility index (Phi) is 4.10. The first-order chi connectivity index (χ1) is 8.97. The molecule has 6 heteroatoms. The highest BCUT2D eigenvalue weighted by Gasteiger charge is 2.49. The maximum atomic E-state index is 11.7. The highest BCUT2D eigenvalue weighted by molar-refractivity contribution is 5.74. The number of hydrogen-bond donors (Lipinski definition) is 3. The van der Waals surface area contributed by atoms with Crippen molar-refractivity contribution in [3.05, 3.63) is 0 Å². The summed E-state index contributed by atoms with van der Waals surface area (Å²) in [7, 11) is 0. The molecule has 0 aromatic heterocycles. The van der Waals surface area contributed by atoms with Crippen LogP contribution in [0.2, 0.25) is 0 Å². The van der Waals surface area contributed by atoms with E-state index in [0.29, 0.717) is 19.4 Å². The third kappa shape index (κ3) is 2.47. The lowest BCUT2D eigenvalue weighted by Gasteiger charge is -2.33. The van der Waals surface area contributed by atoms with E-state index in [2.05, 4.69) is 12.3 Å². The Labute approximate surface area is 112 Å². The molecule has 0 spiro atoms. The van der Waals surface area contributed by atoms with Crippen LogP contribution >= 0.6 is 0 Å². The van der Waals surface area contributed by atoms with E-state index in [4.69, 9.17) is 5.11 Å². The fourth-order valence-electron chi connectivity index (χ4n) is 3.55. The summed E-state index contributed by atoms with van der Waals surface area (Å²) in [6.45, 7) is 4.26. The number of rotatable bonds is 3. The van der Waals surface area contributed by atoms with Gasteiger partial charge in [-0.3, -0.25) is 14.6 Å². The van der Waals surface area contributed by atoms with Crippen LogP contribution < -0.4 is 5.43 Å². The Bertz CT molecular complexity index is 374. The summed E-state index contributed by atoms with van der Waals surface area (Å²) in [4.78, 5) is 22.7. The van der Waals surface area contributed by atoms with Crippen molar-refractivity contribution in [2.24, 2.45) is 17.8 Å². The van der Waals surface area contributed by atoms with Crippen LogP contribution in [-0.4, -0.2) is 45.8 Å². The summed E-state index contributed by atoms with van der Waals surface area (Å²) in [5.74, 6) is -1.59. The van der Waals surface area contributed by atoms with Crippen LogP contribution in [0.25, 0.3) is 0 Å². The molecule has 19 heavy (non-hydrogen) atoms. The van der Waals surface area contributed by atoms with E-state index in [0.717, 1.165) is 6.42 Å². The molecule has 2 aliphatic rings. The fourth-order valence-corrected chi connectivity index (χ4v) is 3.55. The van der Waals surface area contributed by atoms with Gasteiger partial charge >= 0.3 is 5.97 Å². The van der Waals surface area contributed by atoms with Crippen molar-refractivity contribution < 1.29 is 19.8 Å². The van der Waals surface area contributed by atoms with Crippen molar-refractivity contribution in [1.29, 1.82) is 0 Å². The standard InChI is InChI=1S/C13H22N2O4/c1-3-8-6-14-15(7(2)16)11(8)9-4-5-10(12(9)17)13(18)19/h8-12,14,17H,3-6H2,1-2H3,(H,18,19). The number of carboxylic acids is 1. The lowest BCUT2D eigenvalue weighted by molar-refractivity contribution is -0.145. The van der Waals surface area contributed by atoms with Crippen LogP contribution in [0.3, 0.4) is 0 Å². The Morgan fingerprint density at radius 3 is 2.53 bits per heavy atom. The van der Waals surface area contributed by atoms with E-state index in [1.54, 1.807) is 5.01 Å². The minimum Gasteiger partial charge on any atom is -0.481 e. The molecule has 3 N–H and O–H groups in total. The van der Waals surface area contributed by atoms with Crippen molar-refractivity contribution in [2.45, 2.75) is 45.3 Å². The van der Waals surface area contributed by atoms with Gasteiger partial charge in [0.25, 0.3) is 0 Å². The highest BCUT2D eigenvalue weighted by atomic mass is 16.4. The quantitative estimate of drug-likeness (QED) is 0.682. The van der Waals surface area contributed by atoms with Crippen LogP contribution in [-0.2, 0) is 9.59 Å². The highest BCUT2D eigenvalue weighted by Crippen LogP contribution is 2.40. The van der Waals surface area contributed by atoms with E-state index in [1.165, 1.54) is 6.92 Å². The van der Waals surface area contributed by atoms with Gasteiger partial charge in [-0.1, -0.05) is 6.92 Å². The Morgan fingerprint density at radius 2 is 2.05 bits per heavy atom. The molecule has 1 saturated heterocycles. The summed E-state index contributed by atoms with van der Waals surface area (Å²) >= 11 is 0. The van der Waals surface area contributed by atoms with E-state index < -0.39 is 18.0 Å². The van der Waals surface area contributed by atoms with E-state index in [9.17, 15) is 14.7 Å². The van der Waals surface area contributed by atoms with Crippen LogP contribution in [0.15, 0.2) is 0 Å². The number of aliphatic carboxylic acids is 1. The van der Waals surface area contributed by atoms with Gasteiger partial charge in [0.15, 0.2) is 0 Å². The molecule has 6 nitrogen and oxygen atoms in total. The van der Waals surface area contributed by atoms with Gasteiger partial charge in [0.05, 0.1) is 18.1 Å².